The number of amides is 1. The molecule has 2 unspecified atom stereocenters. The summed E-state index contributed by atoms with van der Waals surface area (Å²) in [6.45, 7) is 6.03. The molecule has 1 heterocycles. The first-order chi connectivity index (χ1) is 9.96. The van der Waals surface area contributed by atoms with Crippen molar-refractivity contribution in [2.45, 2.75) is 45.6 Å². The Bertz CT molecular complexity index is 358. The molecule has 1 aliphatic rings. The third-order valence-electron chi connectivity index (χ3n) is 4.32. The lowest BCUT2D eigenvalue weighted by molar-refractivity contribution is -0.155. The molecule has 0 spiro atoms. The van der Waals surface area contributed by atoms with Crippen LogP contribution in [0.1, 0.15) is 39.5 Å². The Morgan fingerprint density at radius 1 is 1.48 bits per heavy atom. The maximum atomic E-state index is 12.1. The van der Waals surface area contributed by atoms with Gasteiger partial charge in [0.05, 0.1) is 18.1 Å². The topological polar surface area (TPSA) is 78.9 Å². The second kappa shape index (κ2) is 8.34. The number of hydrogen-bond acceptors (Lipinski definition) is 4. The number of carbonyl (C=O) groups excluding carboxylic acids is 1. The van der Waals surface area contributed by atoms with Crippen molar-refractivity contribution in [3.8, 4) is 0 Å². The van der Waals surface area contributed by atoms with Gasteiger partial charge in [0.25, 0.3) is 0 Å². The lowest BCUT2D eigenvalue weighted by Crippen LogP contribution is -2.54. The summed E-state index contributed by atoms with van der Waals surface area (Å²) < 4.78 is 4.91. The first kappa shape index (κ1) is 17.9. The van der Waals surface area contributed by atoms with Crippen LogP contribution < -0.4 is 5.32 Å². The van der Waals surface area contributed by atoms with Crippen molar-refractivity contribution in [1.29, 1.82) is 0 Å². The number of carbonyl (C=O) groups is 2. The first-order valence-corrected chi connectivity index (χ1v) is 7.71. The zero-order valence-electron chi connectivity index (χ0n) is 13.4. The summed E-state index contributed by atoms with van der Waals surface area (Å²) in [6, 6.07) is -0.308. The van der Waals surface area contributed by atoms with Crippen LogP contribution >= 0.6 is 0 Å². The van der Waals surface area contributed by atoms with Gasteiger partial charge in [-0.1, -0.05) is 13.3 Å². The average Bonchev–Trinajstić information content (AvgIpc) is 2.47. The number of rotatable bonds is 8. The van der Waals surface area contributed by atoms with Gasteiger partial charge in [0, 0.05) is 20.2 Å². The molecule has 0 aliphatic carbocycles. The number of hydrogen-bond donors (Lipinski definition) is 2. The molecule has 0 radical (unpaired) electrons. The summed E-state index contributed by atoms with van der Waals surface area (Å²) >= 11 is 0. The fraction of sp³-hybridized carbons (Fsp3) is 0.867. The van der Waals surface area contributed by atoms with Gasteiger partial charge in [0.2, 0.25) is 5.91 Å². The number of likely N-dealkylation sites (tertiary alicyclic amines) is 1. The molecule has 1 amide bonds. The number of piperidine rings is 1. The quantitative estimate of drug-likeness (QED) is 0.656. The van der Waals surface area contributed by atoms with Crippen molar-refractivity contribution in [3.05, 3.63) is 0 Å². The van der Waals surface area contributed by atoms with Gasteiger partial charge in [-0.3, -0.25) is 14.5 Å². The zero-order chi connectivity index (χ0) is 15.9. The number of ether oxygens (including phenoxy) is 1. The van der Waals surface area contributed by atoms with Crippen LogP contribution in [0.25, 0.3) is 0 Å². The lowest BCUT2D eigenvalue weighted by atomic mass is 9.76. The van der Waals surface area contributed by atoms with Gasteiger partial charge in [-0.15, -0.1) is 0 Å². The Labute approximate surface area is 126 Å². The number of nitrogens with one attached hydrogen (secondary N) is 1. The lowest BCUT2D eigenvalue weighted by Gasteiger charge is -2.42. The number of methoxy groups -OCH3 is 1. The Kier molecular flexibility index (Phi) is 7.11. The fourth-order valence-electron chi connectivity index (χ4n) is 3.05. The molecule has 0 aromatic carbocycles. The van der Waals surface area contributed by atoms with E-state index in [-0.39, 0.29) is 11.9 Å². The second-order valence-corrected chi connectivity index (χ2v) is 5.87. The first-order valence-electron chi connectivity index (χ1n) is 7.71. The molecule has 2 N–H and O–H groups in total. The van der Waals surface area contributed by atoms with Gasteiger partial charge < -0.3 is 15.2 Å². The summed E-state index contributed by atoms with van der Waals surface area (Å²) in [5.41, 5.74) is -0.700. The molecular formula is C15H28N2O4. The van der Waals surface area contributed by atoms with E-state index < -0.39 is 11.4 Å². The second-order valence-electron chi connectivity index (χ2n) is 5.87. The molecule has 1 saturated heterocycles. The average molecular weight is 300 g/mol. The highest BCUT2D eigenvalue weighted by Gasteiger charge is 2.43. The van der Waals surface area contributed by atoms with E-state index in [1.807, 2.05) is 18.7 Å². The molecule has 0 bridgehead atoms. The van der Waals surface area contributed by atoms with Crippen LogP contribution in [0.2, 0.25) is 0 Å². The van der Waals surface area contributed by atoms with Crippen LogP contribution in [-0.2, 0) is 14.3 Å². The third kappa shape index (κ3) is 4.68. The molecule has 1 fully saturated rings. The molecule has 122 valence electrons. The Hall–Kier alpha value is -1.14. The summed E-state index contributed by atoms with van der Waals surface area (Å²) in [5.74, 6) is -0.800. The summed E-state index contributed by atoms with van der Waals surface area (Å²) in [5, 5.41) is 12.4. The standard InChI is InChI=1S/C15H28N2O4/c1-4-6-15(14(19)20)7-5-9-17(11-15)12(2)13(18)16-8-10-21-3/h12H,4-11H2,1-3H3,(H,16,18)(H,19,20). The largest absolute Gasteiger partial charge is 0.481 e. The van der Waals surface area contributed by atoms with Crippen LogP contribution in [0.5, 0.6) is 0 Å². The van der Waals surface area contributed by atoms with Crippen molar-refractivity contribution in [1.82, 2.24) is 10.2 Å². The summed E-state index contributed by atoms with van der Waals surface area (Å²) in [6.07, 6.45) is 3.03. The highest BCUT2D eigenvalue weighted by Crippen LogP contribution is 2.35. The Morgan fingerprint density at radius 2 is 2.19 bits per heavy atom. The Morgan fingerprint density at radius 3 is 2.76 bits per heavy atom. The smallest absolute Gasteiger partial charge is 0.310 e. The number of nitrogens with zero attached hydrogens (tertiary/aromatic N) is 1. The minimum Gasteiger partial charge on any atom is -0.481 e. The van der Waals surface area contributed by atoms with Gasteiger partial charge in [-0.05, 0) is 32.7 Å². The highest BCUT2D eigenvalue weighted by molar-refractivity contribution is 5.81. The molecule has 0 saturated carbocycles. The van der Waals surface area contributed by atoms with E-state index >= 15 is 0 Å². The minimum absolute atomic E-state index is 0.0651. The molecule has 2 atom stereocenters. The molecular weight excluding hydrogens is 272 g/mol. The van der Waals surface area contributed by atoms with Gasteiger partial charge in [-0.2, -0.15) is 0 Å². The molecule has 1 aliphatic heterocycles. The van der Waals surface area contributed by atoms with Crippen molar-refractivity contribution in [3.63, 3.8) is 0 Å². The van der Waals surface area contributed by atoms with Crippen molar-refractivity contribution < 1.29 is 19.4 Å². The predicted octanol–water partition coefficient (Wildman–Crippen LogP) is 1.10. The normalized spacial score (nSPS) is 24.5. The van der Waals surface area contributed by atoms with Crippen LogP contribution in [-0.4, -0.2) is 61.3 Å². The molecule has 6 heteroatoms. The van der Waals surface area contributed by atoms with Gasteiger partial charge >= 0.3 is 5.97 Å². The zero-order valence-corrected chi connectivity index (χ0v) is 13.4. The maximum Gasteiger partial charge on any atom is 0.310 e. The van der Waals surface area contributed by atoms with E-state index in [0.29, 0.717) is 32.5 Å². The number of carboxylic acids is 1. The van der Waals surface area contributed by atoms with E-state index in [2.05, 4.69) is 5.32 Å². The summed E-state index contributed by atoms with van der Waals surface area (Å²) in [4.78, 5) is 25.8. The van der Waals surface area contributed by atoms with E-state index in [4.69, 9.17) is 4.74 Å². The third-order valence-corrected chi connectivity index (χ3v) is 4.32. The van der Waals surface area contributed by atoms with Crippen LogP contribution in [0.15, 0.2) is 0 Å². The van der Waals surface area contributed by atoms with E-state index in [1.54, 1.807) is 7.11 Å². The van der Waals surface area contributed by atoms with Gasteiger partial charge in [0.1, 0.15) is 0 Å². The highest BCUT2D eigenvalue weighted by atomic mass is 16.5. The fourth-order valence-corrected chi connectivity index (χ4v) is 3.05. The number of aliphatic carboxylic acids is 1. The van der Waals surface area contributed by atoms with Crippen molar-refractivity contribution in [2.24, 2.45) is 5.41 Å². The monoisotopic (exact) mass is 300 g/mol. The molecule has 1 rings (SSSR count). The summed E-state index contributed by atoms with van der Waals surface area (Å²) in [7, 11) is 1.59. The van der Waals surface area contributed by atoms with E-state index in [1.165, 1.54) is 0 Å². The minimum atomic E-state index is -0.735. The van der Waals surface area contributed by atoms with E-state index in [9.17, 15) is 14.7 Å². The Balaban J connectivity index is 2.65. The molecule has 0 aromatic rings. The van der Waals surface area contributed by atoms with Gasteiger partial charge in [0.15, 0.2) is 0 Å². The van der Waals surface area contributed by atoms with Crippen molar-refractivity contribution in [2.75, 3.05) is 33.4 Å². The predicted molar refractivity (Wildman–Crippen MR) is 80.1 cm³/mol. The van der Waals surface area contributed by atoms with Crippen LogP contribution in [0, 0.1) is 5.41 Å². The van der Waals surface area contributed by atoms with Crippen LogP contribution in [0.3, 0.4) is 0 Å². The van der Waals surface area contributed by atoms with Crippen LogP contribution in [0.4, 0.5) is 0 Å². The van der Waals surface area contributed by atoms with E-state index in [0.717, 1.165) is 19.4 Å². The number of carboxylic acid groups (broad SMARTS) is 1. The molecule has 6 nitrogen and oxygen atoms in total. The van der Waals surface area contributed by atoms with Crippen molar-refractivity contribution >= 4 is 11.9 Å². The molecule has 21 heavy (non-hydrogen) atoms. The van der Waals surface area contributed by atoms with Gasteiger partial charge in [-0.25, -0.2) is 0 Å². The molecule has 0 aromatic heterocycles. The maximum absolute atomic E-state index is 12.1. The SMILES string of the molecule is CCCC1(C(=O)O)CCCN(C(C)C(=O)NCCOC)C1.